The minimum absolute atomic E-state index is 0. The number of aliphatic imine (C=N–C) groups is 1. The third-order valence-electron chi connectivity index (χ3n) is 4.72. The lowest BCUT2D eigenvalue weighted by Gasteiger charge is -2.35. The summed E-state index contributed by atoms with van der Waals surface area (Å²) in [6.07, 6.45) is 0.0384. The minimum atomic E-state index is -0.162. The van der Waals surface area contributed by atoms with Gasteiger partial charge < -0.3 is 19.5 Å². The highest BCUT2D eigenvalue weighted by Gasteiger charge is 2.25. The van der Waals surface area contributed by atoms with Crippen molar-refractivity contribution in [3.63, 3.8) is 0 Å². The van der Waals surface area contributed by atoms with E-state index in [0.29, 0.717) is 24.9 Å². The molecule has 160 valence electrons. The molecule has 1 unspecified atom stereocenters. The number of morpholine rings is 1. The first kappa shape index (κ1) is 23.6. The first-order valence-corrected chi connectivity index (χ1v) is 9.92. The Balaban J connectivity index is 0.00000300. The van der Waals surface area contributed by atoms with Crippen molar-refractivity contribution in [2.24, 2.45) is 4.99 Å². The van der Waals surface area contributed by atoms with E-state index >= 15 is 0 Å². The van der Waals surface area contributed by atoms with Gasteiger partial charge in [-0.05, 0) is 25.0 Å². The van der Waals surface area contributed by atoms with Crippen LogP contribution in [-0.2, 0) is 16.7 Å². The van der Waals surface area contributed by atoms with Gasteiger partial charge in [0.05, 0.1) is 13.2 Å². The van der Waals surface area contributed by atoms with Gasteiger partial charge >= 0.3 is 0 Å². The number of aryl methyl sites for hydroxylation is 1. The van der Waals surface area contributed by atoms with Crippen LogP contribution in [0.4, 0.5) is 0 Å². The molecule has 2 heterocycles. The summed E-state index contributed by atoms with van der Waals surface area (Å²) in [6, 6.07) is 8.38. The average molecular weight is 513 g/mol. The second-order valence-corrected chi connectivity index (χ2v) is 8.10. The van der Waals surface area contributed by atoms with Crippen LogP contribution in [0, 0.1) is 6.92 Å². The molecule has 2 aromatic rings. The molecular formula is C21H32IN5O2. The molecule has 0 radical (unpaired) electrons. The van der Waals surface area contributed by atoms with Crippen LogP contribution < -0.4 is 5.32 Å². The number of nitrogens with zero attached hydrogens (tertiary/aromatic N) is 4. The summed E-state index contributed by atoms with van der Waals surface area (Å²) in [5.41, 5.74) is 2.32. The molecule has 0 spiro atoms. The molecule has 1 atom stereocenters. The van der Waals surface area contributed by atoms with Gasteiger partial charge in [0, 0.05) is 18.5 Å². The number of hydrogen-bond donors (Lipinski definition) is 1. The summed E-state index contributed by atoms with van der Waals surface area (Å²) < 4.78 is 11.4. The normalized spacial score (nSPS) is 17.8. The Morgan fingerprint density at radius 2 is 2.07 bits per heavy atom. The molecule has 8 heteroatoms. The summed E-state index contributed by atoms with van der Waals surface area (Å²) in [5, 5.41) is 7.45. The summed E-state index contributed by atoms with van der Waals surface area (Å²) >= 11 is 0. The van der Waals surface area contributed by atoms with Gasteiger partial charge in [0.2, 0.25) is 5.89 Å². The second-order valence-electron chi connectivity index (χ2n) is 8.10. The molecule has 0 aliphatic carbocycles. The van der Waals surface area contributed by atoms with Gasteiger partial charge in [-0.25, -0.2) is 4.99 Å². The Bertz CT molecular complexity index is 815. The largest absolute Gasteiger partial charge is 0.370 e. The van der Waals surface area contributed by atoms with Crippen LogP contribution in [0.25, 0.3) is 0 Å². The van der Waals surface area contributed by atoms with Gasteiger partial charge in [-0.2, -0.15) is 4.98 Å². The number of halogens is 1. The van der Waals surface area contributed by atoms with Crippen LogP contribution >= 0.6 is 24.0 Å². The maximum absolute atomic E-state index is 6.04. The fourth-order valence-corrected chi connectivity index (χ4v) is 3.17. The first-order valence-electron chi connectivity index (χ1n) is 9.92. The highest BCUT2D eigenvalue weighted by molar-refractivity contribution is 14.0. The van der Waals surface area contributed by atoms with E-state index in [2.05, 4.69) is 79.2 Å². The number of hydrogen-bond acceptors (Lipinski definition) is 5. The molecule has 3 rings (SSSR count). The lowest BCUT2D eigenvalue weighted by Crippen LogP contribution is -2.48. The number of ether oxygens (including phenoxy) is 1. The fourth-order valence-electron chi connectivity index (χ4n) is 3.17. The lowest BCUT2D eigenvalue weighted by molar-refractivity contribution is -0.00834. The number of aromatic nitrogens is 2. The zero-order valence-corrected chi connectivity index (χ0v) is 20.3. The zero-order chi connectivity index (χ0) is 20.1. The Kier molecular flexibility index (Phi) is 8.45. The monoisotopic (exact) mass is 513 g/mol. The lowest BCUT2D eigenvalue weighted by atomic mass is 9.97. The van der Waals surface area contributed by atoms with E-state index in [-0.39, 0.29) is 35.5 Å². The topological polar surface area (TPSA) is 75.8 Å². The van der Waals surface area contributed by atoms with E-state index in [0.717, 1.165) is 25.6 Å². The standard InChI is InChI=1S/C21H31N5O2.HI/c1-6-22-20(23-13-18-24-19(28-25-18)21(3,4)5)26-11-12-27-17(14-26)16-10-8-7-9-15(16)2;/h7-10,17H,6,11-14H2,1-5H3,(H,22,23);1H. The summed E-state index contributed by atoms with van der Waals surface area (Å²) in [4.78, 5) is 11.5. The SMILES string of the molecule is CCNC(=NCc1noc(C(C)(C)C)n1)N1CCOC(c2ccccc2C)C1.I. The van der Waals surface area contributed by atoms with E-state index in [4.69, 9.17) is 14.3 Å². The van der Waals surface area contributed by atoms with Crippen LogP contribution in [0.3, 0.4) is 0 Å². The quantitative estimate of drug-likeness (QED) is 0.381. The van der Waals surface area contributed by atoms with Crippen molar-refractivity contribution in [3.05, 3.63) is 47.1 Å². The van der Waals surface area contributed by atoms with Crippen molar-refractivity contribution in [3.8, 4) is 0 Å². The third-order valence-corrected chi connectivity index (χ3v) is 4.72. The van der Waals surface area contributed by atoms with Gasteiger partial charge in [-0.15, -0.1) is 24.0 Å². The van der Waals surface area contributed by atoms with E-state index in [1.165, 1.54) is 11.1 Å². The molecule has 1 N–H and O–H groups in total. The van der Waals surface area contributed by atoms with Crippen molar-refractivity contribution < 1.29 is 9.26 Å². The zero-order valence-electron chi connectivity index (χ0n) is 17.9. The van der Waals surface area contributed by atoms with Crippen LogP contribution in [0.2, 0.25) is 0 Å². The predicted molar refractivity (Wildman–Crippen MR) is 125 cm³/mol. The Hall–Kier alpha value is -1.68. The second kappa shape index (κ2) is 10.4. The predicted octanol–water partition coefficient (Wildman–Crippen LogP) is 3.83. The Labute approximate surface area is 190 Å². The molecule has 1 saturated heterocycles. The van der Waals surface area contributed by atoms with Gasteiger partial charge in [0.15, 0.2) is 11.8 Å². The van der Waals surface area contributed by atoms with E-state index in [1.807, 2.05) is 0 Å². The minimum Gasteiger partial charge on any atom is -0.370 e. The van der Waals surface area contributed by atoms with E-state index in [9.17, 15) is 0 Å². The molecule has 1 aliphatic rings. The highest BCUT2D eigenvalue weighted by atomic mass is 127. The smallest absolute Gasteiger partial charge is 0.232 e. The van der Waals surface area contributed by atoms with Gasteiger partial charge in [0.25, 0.3) is 0 Å². The summed E-state index contributed by atoms with van der Waals surface area (Å²) in [7, 11) is 0. The summed E-state index contributed by atoms with van der Waals surface area (Å²) in [5.74, 6) is 2.09. The molecule has 1 fully saturated rings. The first-order chi connectivity index (χ1) is 13.4. The molecule has 0 amide bonds. The van der Waals surface area contributed by atoms with Crippen molar-refractivity contribution >= 4 is 29.9 Å². The Morgan fingerprint density at radius 1 is 1.31 bits per heavy atom. The molecule has 1 aromatic heterocycles. The van der Waals surface area contributed by atoms with Gasteiger partial charge in [-0.1, -0.05) is 50.2 Å². The van der Waals surface area contributed by atoms with Crippen LogP contribution in [0.15, 0.2) is 33.8 Å². The molecule has 29 heavy (non-hydrogen) atoms. The van der Waals surface area contributed by atoms with Gasteiger partial charge in [-0.3, -0.25) is 0 Å². The number of guanidine groups is 1. The summed E-state index contributed by atoms with van der Waals surface area (Å²) in [6.45, 7) is 13.8. The number of nitrogens with one attached hydrogen (secondary N) is 1. The van der Waals surface area contributed by atoms with E-state index < -0.39 is 0 Å². The fraction of sp³-hybridized carbons (Fsp3) is 0.571. The van der Waals surface area contributed by atoms with Crippen LogP contribution in [0.5, 0.6) is 0 Å². The number of rotatable bonds is 4. The van der Waals surface area contributed by atoms with Crippen molar-refractivity contribution in [2.45, 2.75) is 52.7 Å². The molecule has 1 aromatic carbocycles. The molecule has 1 aliphatic heterocycles. The Morgan fingerprint density at radius 3 is 2.72 bits per heavy atom. The molecule has 0 bridgehead atoms. The van der Waals surface area contributed by atoms with Crippen LogP contribution in [0.1, 0.15) is 56.6 Å². The van der Waals surface area contributed by atoms with Crippen molar-refractivity contribution in [1.82, 2.24) is 20.4 Å². The molecular weight excluding hydrogens is 481 g/mol. The third kappa shape index (κ3) is 6.15. The van der Waals surface area contributed by atoms with Crippen molar-refractivity contribution in [2.75, 3.05) is 26.2 Å². The van der Waals surface area contributed by atoms with Crippen LogP contribution in [-0.4, -0.2) is 47.2 Å². The highest BCUT2D eigenvalue weighted by Crippen LogP contribution is 2.25. The molecule has 7 nitrogen and oxygen atoms in total. The number of benzene rings is 1. The van der Waals surface area contributed by atoms with Gasteiger partial charge in [0.1, 0.15) is 12.6 Å². The van der Waals surface area contributed by atoms with Crippen molar-refractivity contribution in [1.29, 1.82) is 0 Å². The maximum atomic E-state index is 6.04. The van der Waals surface area contributed by atoms with E-state index in [1.54, 1.807) is 0 Å². The molecule has 0 saturated carbocycles. The maximum Gasteiger partial charge on any atom is 0.232 e. The average Bonchev–Trinajstić information content (AvgIpc) is 3.15.